The summed E-state index contributed by atoms with van der Waals surface area (Å²) in [6, 6.07) is 11.1. The van der Waals surface area contributed by atoms with Crippen molar-refractivity contribution in [1.82, 2.24) is 5.32 Å². The van der Waals surface area contributed by atoms with Gasteiger partial charge < -0.3 is 20.3 Å². The molecule has 188 valence electrons. The van der Waals surface area contributed by atoms with E-state index in [2.05, 4.69) is 15.3 Å². The number of halogens is 6. The van der Waals surface area contributed by atoms with Crippen LogP contribution in [0.1, 0.15) is 34.0 Å². The van der Waals surface area contributed by atoms with Gasteiger partial charge in [0.1, 0.15) is 28.9 Å². The Morgan fingerprint density at radius 3 is 1.94 bits per heavy atom. The minimum Gasteiger partial charge on any atom is -0.507 e. The molecule has 1 aliphatic rings. The number of hydrogen-bond donors (Lipinski definition) is 3. The van der Waals surface area contributed by atoms with Crippen LogP contribution in [0.3, 0.4) is 0 Å². The van der Waals surface area contributed by atoms with E-state index in [1.165, 1.54) is 43.5 Å². The monoisotopic (exact) mass is 509 g/mol. The van der Waals surface area contributed by atoms with E-state index >= 15 is 0 Å². The van der Waals surface area contributed by atoms with Crippen LogP contribution in [0.5, 0.6) is 17.2 Å². The number of amidine groups is 2. The van der Waals surface area contributed by atoms with E-state index < -0.39 is 35.2 Å². The number of ether oxygens (including phenoxy) is 1. The second kappa shape index (κ2) is 9.10. The first kappa shape index (κ1) is 24.9. The number of alkyl halides is 6. The highest BCUT2D eigenvalue weighted by Crippen LogP contribution is 2.38. The highest BCUT2D eigenvalue weighted by molar-refractivity contribution is 6.16. The molecule has 12 heteroatoms. The molecular weight excluding hydrogens is 492 g/mol. The molecule has 6 nitrogen and oxygen atoms in total. The lowest BCUT2D eigenvalue weighted by molar-refractivity contribution is -0.143. The summed E-state index contributed by atoms with van der Waals surface area (Å²) in [5.74, 6) is -0.719. The molecule has 4 rings (SSSR count). The van der Waals surface area contributed by atoms with Crippen molar-refractivity contribution in [3.63, 3.8) is 0 Å². The fourth-order valence-corrected chi connectivity index (χ4v) is 3.51. The van der Waals surface area contributed by atoms with Crippen LogP contribution < -0.4 is 10.1 Å². The molecule has 1 unspecified atom stereocenters. The Labute approximate surface area is 200 Å². The Kier molecular flexibility index (Phi) is 6.29. The van der Waals surface area contributed by atoms with Crippen LogP contribution in [0.15, 0.2) is 70.6 Å². The molecule has 3 aromatic carbocycles. The van der Waals surface area contributed by atoms with Crippen molar-refractivity contribution in [2.45, 2.75) is 18.5 Å². The molecule has 1 atom stereocenters. The van der Waals surface area contributed by atoms with E-state index in [0.29, 0.717) is 17.9 Å². The number of phenolic OH excluding ortho intramolecular Hbond substituents is 2. The van der Waals surface area contributed by atoms with Crippen molar-refractivity contribution in [1.29, 1.82) is 0 Å². The van der Waals surface area contributed by atoms with Crippen molar-refractivity contribution in [3.8, 4) is 17.2 Å². The molecule has 1 aliphatic heterocycles. The molecule has 0 spiro atoms. The molecule has 0 aromatic heterocycles. The second-order valence-electron chi connectivity index (χ2n) is 7.69. The highest BCUT2D eigenvalue weighted by Gasteiger charge is 2.38. The topological polar surface area (TPSA) is 86.4 Å². The van der Waals surface area contributed by atoms with Crippen molar-refractivity contribution >= 4 is 11.7 Å². The number of methoxy groups -OCH3 is 1. The minimum absolute atomic E-state index is 0.0116. The molecule has 36 heavy (non-hydrogen) atoms. The molecule has 0 saturated carbocycles. The molecule has 1 heterocycles. The van der Waals surface area contributed by atoms with Crippen molar-refractivity contribution in [2.75, 3.05) is 7.11 Å². The summed E-state index contributed by atoms with van der Waals surface area (Å²) in [4.78, 5) is 8.52. The van der Waals surface area contributed by atoms with Crippen molar-refractivity contribution in [3.05, 3.63) is 88.5 Å². The van der Waals surface area contributed by atoms with Gasteiger partial charge in [0, 0.05) is 17.2 Å². The van der Waals surface area contributed by atoms with E-state index in [9.17, 15) is 36.6 Å². The molecule has 0 radical (unpaired) electrons. The Bertz CT molecular complexity index is 1330. The lowest BCUT2D eigenvalue weighted by atomic mass is 10.0. The fourth-order valence-electron chi connectivity index (χ4n) is 3.51. The van der Waals surface area contributed by atoms with Gasteiger partial charge in [0.25, 0.3) is 0 Å². The molecule has 0 aliphatic carbocycles. The molecule has 0 fully saturated rings. The summed E-state index contributed by atoms with van der Waals surface area (Å²) >= 11 is 0. The summed E-state index contributed by atoms with van der Waals surface area (Å²) in [7, 11) is 1.37. The van der Waals surface area contributed by atoms with Crippen LogP contribution in [0, 0.1) is 0 Å². The number of aliphatic imine (C=N–C) groups is 2. The van der Waals surface area contributed by atoms with Crippen LogP contribution in [0.2, 0.25) is 0 Å². The van der Waals surface area contributed by atoms with Crippen LogP contribution in [0.25, 0.3) is 0 Å². The molecule has 0 amide bonds. The van der Waals surface area contributed by atoms with Gasteiger partial charge in [0.05, 0.1) is 23.8 Å². The summed E-state index contributed by atoms with van der Waals surface area (Å²) in [6.07, 6.45) is -11.4. The number of rotatable bonds is 4. The molecule has 0 bridgehead atoms. The van der Waals surface area contributed by atoms with E-state index in [-0.39, 0.29) is 40.4 Å². The zero-order valence-electron chi connectivity index (χ0n) is 18.3. The number of nitrogens with zero attached hydrogens (tertiary/aromatic N) is 2. The third kappa shape index (κ3) is 5.07. The van der Waals surface area contributed by atoms with Crippen LogP contribution in [-0.2, 0) is 12.4 Å². The largest absolute Gasteiger partial charge is 0.507 e. The number of aromatic hydroxyl groups is 2. The zero-order valence-corrected chi connectivity index (χ0v) is 18.3. The lowest BCUT2D eigenvalue weighted by Crippen LogP contribution is -2.36. The number of benzene rings is 3. The molecular formula is C24H17F6N3O3. The number of hydrogen-bond acceptors (Lipinski definition) is 6. The van der Waals surface area contributed by atoms with Crippen LogP contribution >= 0.6 is 0 Å². The average Bonchev–Trinajstić information content (AvgIpc) is 2.82. The summed E-state index contributed by atoms with van der Waals surface area (Å²) in [6.45, 7) is 0. The van der Waals surface area contributed by atoms with E-state index in [0.717, 1.165) is 0 Å². The lowest BCUT2D eigenvalue weighted by Gasteiger charge is -2.24. The van der Waals surface area contributed by atoms with Crippen LogP contribution in [-0.4, -0.2) is 29.0 Å². The van der Waals surface area contributed by atoms with Gasteiger partial charge in [0.2, 0.25) is 0 Å². The van der Waals surface area contributed by atoms with Gasteiger partial charge in [-0.05, 0) is 42.5 Å². The maximum atomic E-state index is 13.4. The quantitative estimate of drug-likeness (QED) is 0.398. The van der Waals surface area contributed by atoms with E-state index in [1.54, 1.807) is 6.07 Å². The molecule has 3 aromatic rings. The van der Waals surface area contributed by atoms with Gasteiger partial charge in [-0.15, -0.1) is 0 Å². The first-order chi connectivity index (χ1) is 16.9. The van der Waals surface area contributed by atoms with Crippen molar-refractivity contribution in [2.24, 2.45) is 9.98 Å². The van der Waals surface area contributed by atoms with Gasteiger partial charge in [-0.25, -0.2) is 9.98 Å². The van der Waals surface area contributed by atoms with Gasteiger partial charge in [-0.2, -0.15) is 26.3 Å². The molecule has 3 N–H and O–H groups in total. The van der Waals surface area contributed by atoms with Gasteiger partial charge in [0.15, 0.2) is 6.17 Å². The predicted molar refractivity (Wildman–Crippen MR) is 118 cm³/mol. The SMILES string of the molecule is COc1ccc(C2N=C(c3cc(C(F)(F)F)cc(C(F)(F)F)c3)NC(c3ccccc3O)=N2)c(O)c1. The first-order valence-corrected chi connectivity index (χ1v) is 10.2. The Morgan fingerprint density at radius 2 is 1.39 bits per heavy atom. The first-order valence-electron chi connectivity index (χ1n) is 10.2. The average molecular weight is 509 g/mol. The Balaban J connectivity index is 1.91. The summed E-state index contributed by atoms with van der Waals surface area (Å²) in [5, 5.41) is 23.4. The fraction of sp³-hybridized carbons (Fsp3) is 0.167. The number of phenols is 2. The second-order valence-corrected chi connectivity index (χ2v) is 7.69. The standard InChI is InChI=1S/C24H17F6N3O3/c1-36-15-6-7-17(19(35)11-15)22-32-20(31-21(33-22)16-4-2-3-5-18(16)34)12-8-13(23(25,26)27)10-14(9-12)24(28,29)30/h2-11,22,34-35H,1H3,(H,31,32,33). The Hall–Kier alpha value is -4.22. The van der Waals surface area contributed by atoms with Gasteiger partial charge >= 0.3 is 12.4 Å². The number of para-hydroxylation sites is 1. The van der Waals surface area contributed by atoms with Crippen LogP contribution in [0.4, 0.5) is 26.3 Å². The molecule has 0 saturated heterocycles. The normalized spacial score (nSPS) is 16.1. The third-order valence-electron chi connectivity index (χ3n) is 5.28. The van der Waals surface area contributed by atoms with E-state index in [4.69, 9.17) is 4.74 Å². The predicted octanol–water partition coefficient (Wildman–Crippen LogP) is 5.64. The number of nitrogens with one attached hydrogen (secondary N) is 1. The van der Waals surface area contributed by atoms with Crippen molar-refractivity contribution < 1.29 is 41.3 Å². The van der Waals surface area contributed by atoms with Gasteiger partial charge in [-0.3, -0.25) is 0 Å². The maximum absolute atomic E-state index is 13.4. The van der Waals surface area contributed by atoms with Gasteiger partial charge in [-0.1, -0.05) is 12.1 Å². The van der Waals surface area contributed by atoms with E-state index in [1.807, 2.05) is 0 Å². The highest BCUT2D eigenvalue weighted by atomic mass is 19.4. The summed E-state index contributed by atoms with van der Waals surface area (Å²) in [5.41, 5.74) is -3.34. The zero-order chi connectivity index (χ0) is 26.3. The summed E-state index contributed by atoms with van der Waals surface area (Å²) < 4.78 is 85.6. The maximum Gasteiger partial charge on any atom is 0.416 e. The third-order valence-corrected chi connectivity index (χ3v) is 5.28. The minimum atomic E-state index is -5.06. The Morgan fingerprint density at radius 1 is 0.778 bits per heavy atom. The smallest absolute Gasteiger partial charge is 0.416 e.